The molecule has 3 heterocycles. The fourth-order valence-electron chi connectivity index (χ4n) is 3.55. The number of aryl methyl sites for hydroxylation is 1. The van der Waals surface area contributed by atoms with Gasteiger partial charge in [0.1, 0.15) is 17.1 Å². The first-order valence-corrected chi connectivity index (χ1v) is 8.88. The van der Waals surface area contributed by atoms with Gasteiger partial charge in [-0.3, -0.25) is 4.79 Å². The molecule has 1 fully saturated rings. The average molecular weight is 384 g/mol. The molecule has 1 atom stereocenters. The van der Waals surface area contributed by atoms with Gasteiger partial charge in [0.25, 0.3) is 5.91 Å². The third-order valence-electron chi connectivity index (χ3n) is 5.01. The molecule has 0 aliphatic carbocycles. The van der Waals surface area contributed by atoms with E-state index in [1.165, 1.54) is 7.11 Å². The standard InChI is InChI=1S/C19H20N4O5/c1-11-17(14-8-13(26-2)4-5-16(14)28-11)18(24)22-7-6-12(9-22)23-10-15(20-21-23)19(25)27-3/h4-5,8,10,12H,6-7,9H2,1-3H3/t12-/m0/s1. The Labute approximate surface area is 160 Å². The van der Waals surface area contributed by atoms with Gasteiger partial charge in [-0.25, -0.2) is 9.48 Å². The predicted octanol–water partition coefficient (Wildman–Crippen LogP) is 2.22. The summed E-state index contributed by atoms with van der Waals surface area (Å²) in [5.41, 5.74) is 1.34. The molecule has 2 aromatic heterocycles. The van der Waals surface area contributed by atoms with Crippen LogP contribution in [0.4, 0.5) is 0 Å². The fraction of sp³-hybridized carbons (Fsp3) is 0.368. The highest BCUT2D eigenvalue weighted by Gasteiger charge is 2.32. The molecule has 9 nitrogen and oxygen atoms in total. The molecule has 1 aromatic carbocycles. The first-order valence-electron chi connectivity index (χ1n) is 8.88. The summed E-state index contributed by atoms with van der Waals surface area (Å²) in [6, 6.07) is 5.36. The molecule has 0 radical (unpaired) electrons. The Kier molecular flexibility index (Phi) is 4.50. The lowest BCUT2D eigenvalue weighted by Gasteiger charge is -2.16. The van der Waals surface area contributed by atoms with Crippen molar-refractivity contribution in [3.05, 3.63) is 41.4 Å². The van der Waals surface area contributed by atoms with Crippen molar-refractivity contribution >= 4 is 22.8 Å². The Hall–Kier alpha value is -3.36. The van der Waals surface area contributed by atoms with E-state index < -0.39 is 5.97 Å². The Morgan fingerprint density at radius 3 is 2.86 bits per heavy atom. The van der Waals surface area contributed by atoms with E-state index in [0.29, 0.717) is 42.2 Å². The number of ether oxygens (including phenoxy) is 2. The second-order valence-corrected chi connectivity index (χ2v) is 6.66. The molecule has 28 heavy (non-hydrogen) atoms. The molecule has 9 heteroatoms. The van der Waals surface area contributed by atoms with Gasteiger partial charge in [-0.15, -0.1) is 5.10 Å². The molecule has 0 bridgehead atoms. The Bertz CT molecular complexity index is 1050. The van der Waals surface area contributed by atoms with Crippen LogP contribution in [0, 0.1) is 6.92 Å². The predicted molar refractivity (Wildman–Crippen MR) is 98.4 cm³/mol. The van der Waals surface area contributed by atoms with Crippen molar-refractivity contribution in [2.24, 2.45) is 0 Å². The third kappa shape index (κ3) is 2.98. The number of aromatic nitrogens is 3. The van der Waals surface area contributed by atoms with Gasteiger partial charge >= 0.3 is 5.97 Å². The maximum absolute atomic E-state index is 13.2. The summed E-state index contributed by atoms with van der Waals surface area (Å²) < 4.78 is 17.3. The van der Waals surface area contributed by atoms with Crippen LogP contribution in [-0.4, -0.2) is 59.1 Å². The second-order valence-electron chi connectivity index (χ2n) is 6.66. The Balaban J connectivity index is 1.57. The highest BCUT2D eigenvalue weighted by atomic mass is 16.5. The Morgan fingerprint density at radius 1 is 1.29 bits per heavy atom. The van der Waals surface area contributed by atoms with Crippen molar-refractivity contribution in [2.75, 3.05) is 27.3 Å². The van der Waals surface area contributed by atoms with Gasteiger partial charge in [0.2, 0.25) is 0 Å². The molecule has 0 spiro atoms. The van der Waals surface area contributed by atoms with E-state index in [1.807, 2.05) is 6.07 Å². The molecule has 146 valence electrons. The van der Waals surface area contributed by atoms with E-state index in [4.69, 9.17) is 9.15 Å². The molecule has 4 rings (SSSR count). The van der Waals surface area contributed by atoms with Crippen molar-refractivity contribution in [3.63, 3.8) is 0 Å². The lowest BCUT2D eigenvalue weighted by Crippen LogP contribution is -2.29. The van der Waals surface area contributed by atoms with Crippen LogP contribution in [-0.2, 0) is 4.74 Å². The second kappa shape index (κ2) is 6.99. The number of hydrogen-bond acceptors (Lipinski definition) is 7. The summed E-state index contributed by atoms with van der Waals surface area (Å²) in [6.07, 6.45) is 2.27. The van der Waals surface area contributed by atoms with Crippen molar-refractivity contribution in [1.82, 2.24) is 19.9 Å². The number of amides is 1. The number of carbonyl (C=O) groups excluding carboxylic acids is 2. The lowest BCUT2D eigenvalue weighted by molar-refractivity contribution is 0.0593. The number of benzene rings is 1. The number of rotatable bonds is 4. The quantitative estimate of drug-likeness (QED) is 0.636. The van der Waals surface area contributed by atoms with Crippen LogP contribution in [0.15, 0.2) is 28.8 Å². The van der Waals surface area contributed by atoms with Gasteiger partial charge in [-0.2, -0.15) is 0 Å². The number of likely N-dealkylation sites (tertiary alicyclic amines) is 1. The topological polar surface area (TPSA) is 99.7 Å². The summed E-state index contributed by atoms with van der Waals surface area (Å²) >= 11 is 0. The largest absolute Gasteiger partial charge is 0.497 e. The maximum Gasteiger partial charge on any atom is 0.360 e. The normalized spacial score (nSPS) is 16.5. The summed E-state index contributed by atoms with van der Waals surface area (Å²) in [6.45, 7) is 2.83. The lowest BCUT2D eigenvalue weighted by atomic mass is 10.1. The highest BCUT2D eigenvalue weighted by Crippen LogP contribution is 2.31. The number of methoxy groups -OCH3 is 2. The Morgan fingerprint density at radius 2 is 2.11 bits per heavy atom. The minimum atomic E-state index is -0.536. The monoisotopic (exact) mass is 384 g/mol. The summed E-state index contributed by atoms with van der Waals surface area (Å²) in [7, 11) is 2.88. The number of nitrogens with zero attached hydrogens (tertiary/aromatic N) is 4. The zero-order valence-corrected chi connectivity index (χ0v) is 15.8. The number of furan rings is 1. The van der Waals surface area contributed by atoms with Gasteiger partial charge in [0, 0.05) is 18.5 Å². The zero-order chi connectivity index (χ0) is 19.8. The van der Waals surface area contributed by atoms with Gasteiger partial charge in [-0.05, 0) is 31.5 Å². The minimum absolute atomic E-state index is 0.0529. The SMILES string of the molecule is COC(=O)c1cn([C@H]2CCN(C(=O)c3c(C)oc4ccc(OC)cc34)C2)nn1. The molecular weight excluding hydrogens is 364 g/mol. The molecule has 1 amide bonds. The summed E-state index contributed by atoms with van der Waals surface area (Å²) in [5, 5.41) is 8.57. The van der Waals surface area contributed by atoms with Crippen molar-refractivity contribution < 1.29 is 23.5 Å². The minimum Gasteiger partial charge on any atom is -0.497 e. The van der Waals surface area contributed by atoms with E-state index in [1.54, 1.807) is 41.9 Å². The molecular formula is C19H20N4O5. The van der Waals surface area contributed by atoms with Gasteiger partial charge in [0.05, 0.1) is 32.0 Å². The molecule has 3 aromatic rings. The number of hydrogen-bond donors (Lipinski definition) is 0. The first-order chi connectivity index (χ1) is 13.5. The summed E-state index contributed by atoms with van der Waals surface area (Å²) in [5.74, 6) is 0.608. The van der Waals surface area contributed by atoms with Crippen LogP contribution in [0.25, 0.3) is 11.0 Å². The fourth-order valence-corrected chi connectivity index (χ4v) is 3.55. The van der Waals surface area contributed by atoms with Crippen LogP contribution in [0.5, 0.6) is 5.75 Å². The van der Waals surface area contributed by atoms with E-state index in [9.17, 15) is 9.59 Å². The van der Waals surface area contributed by atoms with Gasteiger partial charge < -0.3 is 18.8 Å². The molecule has 1 aliphatic rings. The smallest absolute Gasteiger partial charge is 0.360 e. The molecule has 1 saturated heterocycles. The number of fused-ring (bicyclic) bond motifs is 1. The van der Waals surface area contributed by atoms with Crippen LogP contribution >= 0.6 is 0 Å². The van der Waals surface area contributed by atoms with Crippen molar-refractivity contribution in [2.45, 2.75) is 19.4 Å². The molecule has 0 N–H and O–H groups in total. The molecule has 0 saturated carbocycles. The van der Waals surface area contributed by atoms with Crippen LogP contribution in [0.2, 0.25) is 0 Å². The first kappa shape index (κ1) is 18.0. The van der Waals surface area contributed by atoms with E-state index in [0.717, 1.165) is 5.39 Å². The number of carbonyl (C=O) groups is 2. The van der Waals surface area contributed by atoms with Gasteiger partial charge in [0.15, 0.2) is 5.69 Å². The van der Waals surface area contributed by atoms with Gasteiger partial charge in [-0.1, -0.05) is 5.21 Å². The van der Waals surface area contributed by atoms with E-state index >= 15 is 0 Å². The molecule has 1 aliphatic heterocycles. The maximum atomic E-state index is 13.2. The molecule has 0 unspecified atom stereocenters. The third-order valence-corrected chi connectivity index (χ3v) is 5.01. The highest BCUT2D eigenvalue weighted by molar-refractivity contribution is 6.07. The van der Waals surface area contributed by atoms with Crippen LogP contribution in [0.1, 0.15) is 39.1 Å². The van der Waals surface area contributed by atoms with Crippen LogP contribution < -0.4 is 4.74 Å². The number of esters is 1. The summed E-state index contributed by atoms with van der Waals surface area (Å²) in [4.78, 5) is 26.5. The average Bonchev–Trinajstić information content (AvgIpc) is 3.43. The van der Waals surface area contributed by atoms with E-state index in [2.05, 4.69) is 15.0 Å². The zero-order valence-electron chi connectivity index (χ0n) is 15.8. The van der Waals surface area contributed by atoms with Crippen molar-refractivity contribution in [1.29, 1.82) is 0 Å². The van der Waals surface area contributed by atoms with E-state index in [-0.39, 0.29) is 17.6 Å². The van der Waals surface area contributed by atoms with Crippen molar-refractivity contribution in [3.8, 4) is 5.75 Å². The van der Waals surface area contributed by atoms with Crippen LogP contribution in [0.3, 0.4) is 0 Å².